The molecular formula is C18H19N3O6. The third-order valence-electron chi connectivity index (χ3n) is 4.06. The predicted octanol–water partition coefficient (Wildman–Crippen LogP) is 3.26. The molecule has 9 nitrogen and oxygen atoms in total. The van der Waals surface area contributed by atoms with Crippen molar-refractivity contribution in [1.29, 1.82) is 0 Å². The molecule has 1 heterocycles. The number of methoxy groups -OCH3 is 1. The molecule has 3 rings (SSSR count). The molecule has 1 atom stereocenters. The molecule has 2 aromatic rings. The number of carbonyl (C=O) groups is 1. The van der Waals surface area contributed by atoms with Gasteiger partial charge in [0.05, 0.1) is 24.1 Å². The summed E-state index contributed by atoms with van der Waals surface area (Å²) in [5.74, 6) is 1.62. The first kappa shape index (κ1) is 18.3. The van der Waals surface area contributed by atoms with Crippen LogP contribution in [0.15, 0.2) is 36.4 Å². The zero-order chi connectivity index (χ0) is 19.4. The van der Waals surface area contributed by atoms with Crippen molar-refractivity contribution in [2.45, 2.75) is 13.0 Å². The number of anilines is 1. The van der Waals surface area contributed by atoms with Crippen LogP contribution in [0.3, 0.4) is 0 Å². The van der Waals surface area contributed by atoms with Gasteiger partial charge < -0.3 is 24.8 Å². The molecule has 0 unspecified atom stereocenters. The Morgan fingerprint density at radius 2 is 1.93 bits per heavy atom. The Morgan fingerprint density at radius 1 is 1.19 bits per heavy atom. The highest BCUT2D eigenvalue weighted by Gasteiger charge is 2.19. The first-order valence-electron chi connectivity index (χ1n) is 8.27. The first-order valence-corrected chi connectivity index (χ1v) is 8.27. The molecule has 9 heteroatoms. The number of hydrogen-bond acceptors (Lipinski definition) is 6. The average Bonchev–Trinajstić information content (AvgIpc) is 2.67. The van der Waals surface area contributed by atoms with Crippen LogP contribution in [0.1, 0.15) is 18.5 Å². The Balaban J connectivity index is 1.70. The number of urea groups is 1. The maximum atomic E-state index is 12.3. The van der Waals surface area contributed by atoms with E-state index in [2.05, 4.69) is 10.6 Å². The van der Waals surface area contributed by atoms with Gasteiger partial charge in [0.25, 0.3) is 5.69 Å². The molecule has 0 fully saturated rings. The van der Waals surface area contributed by atoms with E-state index in [1.807, 2.05) is 6.07 Å². The molecule has 27 heavy (non-hydrogen) atoms. The van der Waals surface area contributed by atoms with Gasteiger partial charge in [-0.15, -0.1) is 0 Å². The third kappa shape index (κ3) is 4.20. The second-order valence-corrected chi connectivity index (χ2v) is 5.86. The van der Waals surface area contributed by atoms with Crippen LogP contribution >= 0.6 is 0 Å². The number of nitro groups is 1. The van der Waals surface area contributed by atoms with Gasteiger partial charge in [-0.2, -0.15) is 0 Å². The lowest BCUT2D eigenvalue weighted by molar-refractivity contribution is -0.384. The van der Waals surface area contributed by atoms with Crippen LogP contribution in [0.4, 0.5) is 16.2 Å². The lowest BCUT2D eigenvalue weighted by atomic mass is 10.1. The zero-order valence-corrected chi connectivity index (χ0v) is 14.9. The van der Waals surface area contributed by atoms with Crippen molar-refractivity contribution < 1.29 is 23.9 Å². The number of nitro benzene ring substituents is 1. The molecule has 0 aromatic heterocycles. The predicted molar refractivity (Wildman–Crippen MR) is 97.6 cm³/mol. The summed E-state index contributed by atoms with van der Waals surface area (Å²) in [5.41, 5.74) is 0.641. The normalized spacial score (nSPS) is 13.4. The molecule has 0 aliphatic carbocycles. The molecule has 142 valence electrons. The van der Waals surface area contributed by atoms with E-state index in [0.29, 0.717) is 30.5 Å². The summed E-state index contributed by atoms with van der Waals surface area (Å²) in [6.07, 6.45) is 0. The van der Waals surface area contributed by atoms with Crippen molar-refractivity contribution in [3.05, 3.63) is 52.1 Å². The van der Waals surface area contributed by atoms with E-state index in [-0.39, 0.29) is 17.4 Å². The topological polar surface area (TPSA) is 112 Å². The number of benzene rings is 2. The van der Waals surface area contributed by atoms with E-state index in [4.69, 9.17) is 14.2 Å². The van der Waals surface area contributed by atoms with Crippen LogP contribution in [0, 0.1) is 10.1 Å². The van der Waals surface area contributed by atoms with Gasteiger partial charge in [0.15, 0.2) is 11.5 Å². The molecule has 0 saturated heterocycles. The van der Waals surface area contributed by atoms with Gasteiger partial charge in [-0.25, -0.2) is 4.79 Å². The number of fused-ring (bicyclic) bond motifs is 1. The maximum Gasteiger partial charge on any atom is 0.319 e. The van der Waals surface area contributed by atoms with Gasteiger partial charge in [0.1, 0.15) is 24.7 Å². The fourth-order valence-electron chi connectivity index (χ4n) is 2.66. The van der Waals surface area contributed by atoms with Gasteiger partial charge in [-0.05, 0) is 36.8 Å². The van der Waals surface area contributed by atoms with Crippen molar-refractivity contribution >= 4 is 17.4 Å². The van der Waals surface area contributed by atoms with Crippen LogP contribution < -0.4 is 24.8 Å². The number of amides is 2. The second kappa shape index (κ2) is 7.81. The maximum absolute atomic E-state index is 12.3. The number of nitrogens with zero attached hydrogens (tertiary/aromatic N) is 1. The summed E-state index contributed by atoms with van der Waals surface area (Å²) in [6, 6.07) is 8.71. The van der Waals surface area contributed by atoms with Gasteiger partial charge in [0, 0.05) is 0 Å². The monoisotopic (exact) mass is 373 g/mol. The number of carbonyl (C=O) groups excluding carboxylic acids is 1. The van der Waals surface area contributed by atoms with E-state index in [9.17, 15) is 14.9 Å². The third-order valence-corrected chi connectivity index (χ3v) is 4.06. The molecular weight excluding hydrogens is 354 g/mol. The van der Waals surface area contributed by atoms with Crippen LogP contribution in [-0.4, -0.2) is 31.3 Å². The van der Waals surface area contributed by atoms with Crippen LogP contribution in [0.5, 0.6) is 17.2 Å². The SMILES string of the molecule is COc1ccc(NC(=O)N[C@H](C)c2ccc3c(c2)OCCO3)c([N+](=O)[O-])c1. The van der Waals surface area contributed by atoms with Gasteiger partial charge in [0.2, 0.25) is 0 Å². The minimum Gasteiger partial charge on any atom is -0.496 e. The van der Waals surface area contributed by atoms with Gasteiger partial charge in [-0.1, -0.05) is 6.07 Å². The van der Waals surface area contributed by atoms with Gasteiger partial charge >= 0.3 is 6.03 Å². The molecule has 0 radical (unpaired) electrons. The first-order chi connectivity index (χ1) is 13.0. The Labute approximate surface area is 155 Å². The molecule has 2 aromatic carbocycles. The van der Waals surface area contributed by atoms with E-state index in [1.54, 1.807) is 19.1 Å². The van der Waals surface area contributed by atoms with Crippen molar-refractivity contribution in [2.75, 3.05) is 25.6 Å². The molecule has 0 saturated carbocycles. The minimum absolute atomic E-state index is 0.0766. The Kier molecular flexibility index (Phi) is 5.30. The molecule has 1 aliphatic rings. The van der Waals surface area contributed by atoms with Crippen molar-refractivity contribution in [2.24, 2.45) is 0 Å². The smallest absolute Gasteiger partial charge is 0.319 e. The van der Waals surface area contributed by atoms with Gasteiger partial charge in [-0.3, -0.25) is 10.1 Å². The number of hydrogen-bond donors (Lipinski definition) is 2. The standard InChI is InChI=1S/C18H19N3O6/c1-11(12-3-6-16-17(9-12)27-8-7-26-16)19-18(22)20-14-5-4-13(25-2)10-15(14)21(23)24/h3-6,9-11H,7-8H2,1-2H3,(H2,19,20,22)/t11-/m1/s1. The highest BCUT2D eigenvalue weighted by atomic mass is 16.6. The van der Waals surface area contributed by atoms with Crippen LogP contribution in [0.2, 0.25) is 0 Å². The highest BCUT2D eigenvalue weighted by Crippen LogP contribution is 2.33. The summed E-state index contributed by atoms with van der Waals surface area (Å²) >= 11 is 0. The van der Waals surface area contributed by atoms with E-state index in [1.165, 1.54) is 25.3 Å². The fourth-order valence-corrected chi connectivity index (χ4v) is 2.66. The van der Waals surface area contributed by atoms with Crippen LogP contribution in [-0.2, 0) is 0 Å². The quantitative estimate of drug-likeness (QED) is 0.615. The summed E-state index contributed by atoms with van der Waals surface area (Å²) in [5, 5.41) is 16.5. The van der Waals surface area contributed by atoms with Crippen molar-refractivity contribution in [1.82, 2.24) is 5.32 Å². The molecule has 2 amide bonds. The minimum atomic E-state index is -0.581. The Hall–Kier alpha value is -3.49. The van der Waals surface area contributed by atoms with E-state index >= 15 is 0 Å². The van der Waals surface area contributed by atoms with E-state index < -0.39 is 11.0 Å². The molecule has 1 aliphatic heterocycles. The van der Waals surface area contributed by atoms with Crippen LogP contribution in [0.25, 0.3) is 0 Å². The molecule has 2 N–H and O–H groups in total. The lowest BCUT2D eigenvalue weighted by Crippen LogP contribution is -2.31. The number of nitrogens with one attached hydrogen (secondary N) is 2. The molecule has 0 bridgehead atoms. The average molecular weight is 373 g/mol. The fraction of sp³-hybridized carbons (Fsp3) is 0.278. The Morgan fingerprint density at radius 3 is 2.63 bits per heavy atom. The van der Waals surface area contributed by atoms with Crippen molar-refractivity contribution in [3.63, 3.8) is 0 Å². The Bertz CT molecular complexity index is 870. The summed E-state index contributed by atoms with van der Waals surface area (Å²) < 4.78 is 16.0. The summed E-state index contributed by atoms with van der Waals surface area (Å²) in [6.45, 7) is 2.77. The summed E-state index contributed by atoms with van der Waals surface area (Å²) in [7, 11) is 1.41. The number of rotatable bonds is 5. The number of ether oxygens (including phenoxy) is 3. The zero-order valence-electron chi connectivity index (χ0n) is 14.9. The van der Waals surface area contributed by atoms with Crippen molar-refractivity contribution in [3.8, 4) is 17.2 Å². The largest absolute Gasteiger partial charge is 0.496 e. The highest BCUT2D eigenvalue weighted by molar-refractivity contribution is 5.92. The second-order valence-electron chi connectivity index (χ2n) is 5.86. The summed E-state index contributed by atoms with van der Waals surface area (Å²) in [4.78, 5) is 22.9. The lowest BCUT2D eigenvalue weighted by Gasteiger charge is -2.21. The van der Waals surface area contributed by atoms with E-state index in [0.717, 1.165) is 5.56 Å². The molecule has 0 spiro atoms.